The molecule has 168 valence electrons. The number of carbonyl (C=O) groups excluding carboxylic acids is 1. The average Bonchev–Trinajstić information content (AvgIpc) is 3.22. The van der Waals surface area contributed by atoms with Crippen LogP contribution in [0.5, 0.6) is 0 Å². The molecule has 5 aliphatic carbocycles. The molecular formula is C29H46O. The van der Waals surface area contributed by atoms with E-state index in [1.807, 2.05) is 0 Å². The average molecular weight is 411 g/mol. The van der Waals surface area contributed by atoms with Crippen molar-refractivity contribution in [2.45, 2.75) is 99.3 Å². The molecule has 10 atom stereocenters. The minimum absolute atomic E-state index is 0.141. The van der Waals surface area contributed by atoms with Gasteiger partial charge in [-0.2, -0.15) is 0 Å². The second kappa shape index (κ2) is 6.95. The summed E-state index contributed by atoms with van der Waals surface area (Å²) >= 11 is 0. The first-order valence-electron chi connectivity index (χ1n) is 13.4. The van der Waals surface area contributed by atoms with Gasteiger partial charge in [-0.05, 0) is 110 Å². The van der Waals surface area contributed by atoms with Crippen LogP contribution >= 0.6 is 0 Å². The highest BCUT2D eigenvalue weighted by molar-refractivity contribution is 5.91. The van der Waals surface area contributed by atoms with Gasteiger partial charge in [0.25, 0.3) is 0 Å². The van der Waals surface area contributed by atoms with Crippen molar-refractivity contribution in [2.24, 2.45) is 63.6 Å². The third-order valence-corrected chi connectivity index (χ3v) is 12.0. The summed E-state index contributed by atoms with van der Waals surface area (Å²) < 4.78 is 0. The van der Waals surface area contributed by atoms with Crippen molar-refractivity contribution in [1.29, 1.82) is 0 Å². The van der Waals surface area contributed by atoms with E-state index in [0.717, 1.165) is 36.0 Å². The molecule has 0 heterocycles. The summed E-state index contributed by atoms with van der Waals surface area (Å²) in [5, 5.41) is 0. The van der Waals surface area contributed by atoms with Gasteiger partial charge < -0.3 is 0 Å². The van der Waals surface area contributed by atoms with Gasteiger partial charge in [0.2, 0.25) is 0 Å². The smallest absolute Gasteiger partial charge is 0.140 e. The first kappa shape index (κ1) is 21.3. The standard InChI is InChI=1S/C29H46O/c1-7-20(18(2)3)9-8-19(4)23-10-11-24-22-16-26(30)29-17-21(29)12-15-28(29,6)25(22)13-14-27(23,24)5/h8-9,18-25H,7,10-17H2,1-6H3/b9-8+/t19-,20-,21?,22?,23-,24?,25?,27-,28-,29+/m1/s1. The molecule has 5 rings (SSSR count). The molecule has 30 heavy (non-hydrogen) atoms. The van der Waals surface area contributed by atoms with Crippen LogP contribution in [0.3, 0.4) is 0 Å². The molecule has 0 bridgehead atoms. The highest BCUT2D eigenvalue weighted by Gasteiger charge is 2.77. The fourth-order valence-electron chi connectivity index (χ4n) is 10.2. The van der Waals surface area contributed by atoms with Crippen molar-refractivity contribution in [2.75, 3.05) is 0 Å². The highest BCUT2D eigenvalue weighted by Crippen LogP contribution is 2.80. The lowest BCUT2D eigenvalue weighted by Gasteiger charge is -2.58. The van der Waals surface area contributed by atoms with E-state index in [1.165, 1.54) is 51.4 Å². The van der Waals surface area contributed by atoms with Gasteiger partial charge in [0.15, 0.2) is 0 Å². The quantitative estimate of drug-likeness (QED) is 0.424. The molecule has 1 spiro atoms. The van der Waals surface area contributed by atoms with Crippen LogP contribution in [0.2, 0.25) is 0 Å². The Bertz CT molecular complexity index is 735. The fraction of sp³-hybridized carbons (Fsp3) is 0.897. The lowest BCUT2D eigenvalue weighted by Crippen LogP contribution is -2.55. The van der Waals surface area contributed by atoms with E-state index in [9.17, 15) is 4.79 Å². The summed E-state index contributed by atoms with van der Waals surface area (Å²) in [4.78, 5) is 13.5. The van der Waals surface area contributed by atoms with Crippen molar-refractivity contribution in [1.82, 2.24) is 0 Å². The van der Waals surface area contributed by atoms with E-state index in [0.29, 0.717) is 34.4 Å². The molecule has 5 aliphatic rings. The molecule has 5 saturated carbocycles. The first-order valence-corrected chi connectivity index (χ1v) is 13.4. The highest BCUT2D eigenvalue weighted by atomic mass is 16.1. The topological polar surface area (TPSA) is 17.1 Å². The van der Waals surface area contributed by atoms with Crippen LogP contribution in [0.15, 0.2) is 12.2 Å². The van der Waals surface area contributed by atoms with Crippen LogP contribution in [-0.4, -0.2) is 5.78 Å². The van der Waals surface area contributed by atoms with Crippen LogP contribution in [0.4, 0.5) is 0 Å². The number of ketones is 1. The molecule has 0 radical (unpaired) electrons. The number of carbonyl (C=O) groups is 1. The van der Waals surface area contributed by atoms with Gasteiger partial charge in [-0.15, -0.1) is 0 Å². The normalized spacial score (nSPS) is 51.4. The summed E-state index contributed by atoms with van der Waals surface area (Å²) in [5.74, 6) is 6.69. The molecule has 5 fully saturated rings. The van der Waals surface area contributed by atoms with Crippen LogP contribution in [0, 0.1) is 63.6 Å². The number of hydrogen-bond donors (Lipinski definition) is 0. The first-order chi connectivity index (χ1) is 14.2. The predicted molar refractivity (Wildman–Crippen MR) is 125 cm³/mol. The van der Waals surface area contributed by atoms with Gasteiger partial charge in [0, 0.05) is 11.8 Å². The molecule has 0 N–H and O–H groups in total. The van der Waals surface area contributed by atoms with Crippen molar-refractivity contribution in [3.63, 3.8) is 0 Å². The van der Waals surface area contributed by atoms with E-state index >= 15 is 0 Å². The predicted octanol–water partition coefficient (Wildman–Crippen LogP) is 7.70. The van der Waals surface area contributed by atoms with E-state index in [1.54, 1.807) is 0 Å². The van der Waals surface area contributed by atoms with Gasteiger partial charge in [-0.1, -0.05) is 53.7 Å². The van der Waals surface area contributed by atoms with Crippen LogP contribution < -0.4 is 0 Å². The van der Waals surface area contributed by atoms with Crippen LogP contribution in [-0.2, 0) is 4.79 Å². The molecule has 0 aromatic heterocycles. The Hall–Kier alpha value is -0.590. The summed E-state index contributed by atoms with van der Waals surface area (Å²) in [6.45, 7) is 14.7. The SMILES string of the molecule is CC[C@H](/C=C/[C@@H](C)[C@H]1CCC2C3CC(=O)[C@]45CC4CC[C@]5(C)C3CC[C@@]21C)C(C)C. The zero-order valence-electron chi connectivity index (χ0n) is 20.5. The van der Waals surface area contributed by atoms with E-state index in [4.69, 9.17) is 0 Å². The van der Waals surface area contributed by atoms with Crippen LogP contribution in [0.25, 0.3) is 0 Å². The zero-order chi connectivity index (χ0) is 21.5. The number of fused-ring (bicyclic) bond motifs is 4. The molecule has 4 unspecified atom stereocenters. The second-order valence-corrected chi connectivity index (χ2v) is 13.1. The Morgan fingerprint density at radius 2 is 1.77 bits per heavy atom. The largest absolute Gasteiger partial charge is 0.299 e. The Morgan fingerprint density at radius 1 is 1.00 bits per heavy atom. The molecule has 0 aliphatic heterocycles. The third-order valence-electron chi connectivity index (χ3n) is 12.0. The van der Waals surface area contributed by atoms with Crippen molar-refractivity contribution >= 4 is 5.78 Å². The lowest BCUT2D eigenvalue weighted by molar-refractivity contribution is -0.151. The Labute approximate surface area is 185 Å². The molecule has 1 heteroatoms. The minimum Gasteiger partial charge on any atom is -0.299 e. The summed E-state index contributed by atoms with van der Waals surface area (Å²) in [7, 11) is 0. The Kier molecular flexibility index (Phi) is 4.93. The second-order valence-electron chi connectivity index (χ2n) is 13.1. The maximum Gasteiger partial charge on any atom is 0.140 e. The van der Waals surface area contributed by atoms with Gasteiger partial charge in [0.1, 0.15) is 5.78 Å². The number of rotatable bonds is 5. The summed E-state index contributed by atoms with van der Waals surface area (Å²) in [6, 6.07) is 0. The molecular weight excluding hydrogens is 364 g/mol. The van der Waals surface area contributed by atoms with E-state index < -0.39 is 0 Å². The van der Waals surface area contributed by atoms with E-state index in [-0.39, 0.29) is 5.41 Å². The number of allylic oxidation sites excluding steroid dienone is 2. The third kappa shape index (κ3) is 2.62. The van der Waals surface area contributed by atoms with Gasteiger partial charge in [0.05, 0.1) is 0 Å². The maximum atomic E-state index is 13.5. The number of hydrogen-bond acceptors (Lipinski definition) is 1. The summed E-state index contributed by atoms with van der Waals surface area (Å²) in [5.41, 5.74) is 0.934. The zero-order valence-corrected chi connectivity index (χ0v) is 20.5. The monoisotopic (exact) mass is 410 g/mol. The van der Waals surface area contributed by atoms with Crippen molar-refractivity contribution < 1.29 is 4.79 Å². The fourth-order valence-corrected chi connectivity index (χ4v) is 10.2. The molecule has 0 aromatic carbocycles. The molecule has 0 saturated heterocycles. The van der Waals surface area contributed by atoms with Crippen molar-refractivity contribution in [3.8, 4) is 0 Å². The van der Waals surface area contributed by atoms with E-state index in [2.05, 4.69) is 53.7 Å². The van der Waals surface area contributed by atoms with Crippen molar-refractivity contribution in [3.05, 3.63) is 12.2 Å². The number of Topliss-reactive ketones (excluding diaryl/α,β-unsaturated/α-hetero) is 1. The van der Waals surface area contributed by atoms with Gasteiger partial charge >= 0.3 is 0 Å². The van der Waals surface area contributed by atoms with Gasteiger partial charge in [-0.25, -0.2) is 0 Å². The maximum absolute atomic E-state index is 13.5. The summed E-state index contributed by atoms with van der Waals surface area (Å²) in [6.07, 6.45) is 16.8. The van der Waals surface area contributed by atoms with Gasteiger partial charge in [-0.3, -0.25) is 4.79 Å². The molecule has 0 aromatic rings. The Balaban J connectivity index is 1.37. The minimum atomic E-state index is 0.141. The molecule has 1 nitrogen and oxygen atoms in total. The lowest BCUT2D eigenvalue weighted by atomic mass is 9.45. The Morgan fingerprint density at radius 3 is 2.43 bits per heavy atom. The molecule has 0 amide bonds. The van der Waals surface area contributed by atoms with Crippen LogP contribution in [0.1, 0.15) is 99.3 Å².